The lowest BCUT2D eigenvalue weighted by Crippen LogP contribution is -1.95. The molecular weight excluding hydrogens is 1740 g/mol. The van der Waals surface area contributed by atoms with Gasteiger partial charge in [0.1, 0.15) is 0 Å². The summed E-state index contributed by atoms with van der Waals surface area (Å²) < 4.78 is 14.5. The molecule has 0 bridgehead atoms. The van der Waals surface area contributed by atoms with Crippen LogP contribution in [0.2, 0.25) is 0 Å². The van der Waals surface area contributed by atoms with E-state index in [2.05, 4.69) is 561 Å². The van der Waals surface area contributed by atoms with Gasteiger partial charge < -0.3 is 27.4 Å². The van der Waals surface area contributed by atoms with Crippen molar-refractivity contribution in [2.45, 2.75) is 0 Å². The van der Waals surface area contributed by atoms with Crippen LogP contribution in [-0.2, 0) is 0 Å². The van der Waals surface area contributed by atoms with Gasteiger partial charge in [-0.1, -0.05) is 388 Å². The zero-order chi connectivity index (χ0) is 94.6. The molecule has 6 heterocycles. The van der Waals surface area contributed by atoms with Crippen LogP contribution < -0.4 is 0 Å². The first-order valence-electron chi connectivity index (χ1n) is 49.7. The SMILES string of the molecule is c1ccc(-n2c3ccccc3c3cc(-c4ccc(-c5ccc6c7ccccc7n(-c7cccc8ccccc78)c6c5)cc4)ccc32)cc1.c1ccc2cc(-n3c4ccccc4c4cc(-c5ccc6c7ccccc7n(-c7cccc8ccccc78)c6c5)ccc43)ccc2c1.c1ccc2cc(-n3c4ccccc4c4ccc(-c5ccc6c(c5)c5c7ccccc7ccc5n6-c5cccc6ccccc56)cc43)ccc2c1. The van der Waals surface area contributed by atoms with E-state index in [1.54, 1.807) is 0 Å². The summed E-state index contributed by atoms with van der Waals surface area (Å²) in [6.45, 7) is 0. The average Bonchev–Trinajstić information content (AvgIpc) is 1.56. The third kappa shape index (κ3) is 13.3. The maximum Gasteiger partial charge on any atom is 0.0547 e. The van der Waals surface area contributed by atoms with Gasteiger partial charge in [-0.2, -0.15) is 0 Å². The Morgan fingerprint density at radius 3 is 0.764 bits per heavy atom. The normalized spacial score (nSPS) is 11.9. The van der Waals surface area contributed by atoms with Crippen molar-refractivity contribution < 1.29 is 0 Å². The highest BCUT2D eigenvalue weighted by atomic mass is 15.0. The van der Waals surface area contributed by atoms with E-state index < -0.39 is 0 Å². The van der Waals surface area contributed by atoms with Crippen LogP contribution in [0.15, 0.2) is 534 Å². The van der Waals surface area contributed by atoms with Crippen LogP contribution in [0.5, 0.6) is 0 Å². The molecule has 0 spiro atoms. The minimum Gasteiger partial charge on any atom is -0.309 e. The quantitative estimate of drug-likeness (QED) is 0.131. The molecule has 0 unspecified atom stereocenters. The van der Waals surface area contributed by atoms with Crippen LogP contribution in [0.3, 0.4) is 0 Å². The van der Waals surface area contributed by atoms with Gasteiger partial charge in [-0.25, -0.2) is 0 Å². The fourth-order valence-electron chi connectivity index (χ4n) is 23.6. The maximum absolute atomic E-state index is 2.46. The van der Waals surface area contributed by atoms with Crippen molar-refractivity contribution in [3.63, 3.8) is 0 Å². The Kier molecular flexibility index (Phi) is 19.0. The highest BCUT2D eigenvalue weighted by molar-refractivity contribution is 6.24. The third-order valence-corrected chi connectivity index (χ3v) is 30.3. The molecule has 31 aromatic rings. The first-order valence-corrected chi connectivity index (χ1v) is 49.7. The van der Waals surface area contributed by atoms with Crippen molar-refractivity contribution in [3.05, 3.63) is 534 Å². The number of nitrogens with zero attached hydrogens (tertiary/aromatic N) is 6. The van der Waals surface area contributed by atoms with Gasteiger partial charge in [0.05, 0.1) is 83.3 Å². The van der Waals surface area contributed by atoms with E-state index in [0.717, 1.165) is 0 Å². The lowest BCUT2D eigenvalue weighted by atomic mass is 9.98. The van der Waals surface area contributed by atoms with Crippen molar-refractivity contribution in [1.29, 1.82) is 0 Å². The van der Waals surface area contributed by atoms with E-state index in [1.807, 2.05) is 0 Å². The Bertz CT molecular complexity index is 10700. The summed E-state index contributed by atoms with van der Waals surface area (Å²) in [5.41, 5.74) is 31.4. The molecular formula is C138H88N6. The van der Waals surface area contributed by atoms with Crippen LogP contribution in [0.1, 0.15) is 0 Å². The molecule has 0 N–H and O–H groups in total. The van der Waals surface area contributed by atoms with E-state index in [1.165, 1.54) is 274 Å². The zero-order valence-corrected chi connectivity index (χ0v) is 78.5. The standard InChI is InChI=1S/C48H30N2.C46H30N2.C44H28N2/c1-2-13-34-28-37(24-20-31(34)10-1)49-44-18-8-7-17-40(44)41-25-21-36(30-47(41)49)35-23-26-45-42(29-35)48-39-16-6-4-12-33(39)22-27-46(48)50(45)43-19-9-14-32-11-3-5-15-38(32)43;1-2-13-36(14-3-1)47-43-18-8-7-17-39(43)41-29-34(26-28-45(41)47)31-21-23-32(24-22-31)35-25-27-40-38-16-6-9-19-44(38)48(46(40)30-35)42-20-10-12-33-11-4-5-15-37(33)42;1-2-12-31-26-34(23-20-29(31)10-1)45-41-17-7-6-16-37(41)39-27-32(22-25-43(39)45)33-21-24-38-36-15-5-8-18-42(36)46(44(38)28-33)40-19-9-13-30-11-3-4-14-35(30)40/h1-30H;1-30H;1-28H. The van der Waals surface area contributed by atoms with Crippen LogP contribution >= 0.6 is 0 Å². The second-order valence-electron chi connectivity index (χ2n) is 38.1. The Morgan fingerprint density at radius 1 is 0.0972 bits per heavy atom. The highest BCUT2D eigenvalue weighted by Crippen LogP contribution is 2.47. The summed E-state index contributed by atoms with van der Waals surface area (Å²) in [6, 6.07) is 195. The molecule has 0 aliphatic heterocycles. The summed E-state index contributed by atoms with van der Waals surface area (Å²) in [5.74, 6) is 0. The Labute approximate surface area is 829 Å². The lowest BCUT2D eigenvalue weighted by molar-refractivity contribution is 1.18. The van der Waals surface area contributed by atoms with Gasteiger partial charge >= 0.3 is 0 Å². The first kappa shape index (κ1) is 82.0. The van der Waals surface area contributed by atoms with Crippen LogP contribution in [0.25, 0.3) is 274 Å². The van der Waals surface area contributed by atoms with Crippen molar-refractivity contribution in [1.82, 2.24) is 27.4 Å². The molecule has 0 fully saturated rings. The van der Waals surface area contributed by atoms with Gasteiger partial charge in [0, 0.05) is 97.9 Å². The number of rotatable bonds is 10. The second-order valence-corrected chi connectivity index (χ2v) is 38.1. The molecule has 6 heteroatoms. The zero-order valence-electron chi connectivity index (χ0n) is 78.5. The van der Waals surface area contributed by atoms with Crippen molar-refractivity contribution in [2.75, 3.05) is 0 Å². The molecule has 0 aliphatic rings. The Hall–Kier alpha value is -19.1. The lowest BCUT2D eigenvalue weighted by Gasteiger charge is -2.12. The molecule has 0 amide bonds. The minimum atomic E-state index is 1.17. The fraction of sp³-hybridized carbons (Fsp3) is 0. The number of hydrogen-bond donors (Lipinski definition) is 0. The molecule has 31 rings (SSSR count). The van der Waals surface area contributed by atoms with Crippen molar-refractivity contribution in [3.8, 4) is 78.6 Å². The third-order valence-electron chi connectivity index (χ3n) is 30.3. The maximum atomic E-state index is 2.46. The smallest absolute Gasteiger partial charge is 0.0547 e. The molecule has 0 saturated carbocycles. The van der Waals surface area contributed by atoms with Gasteiger partial charge in [0.25, 0.3) is 0 Å². The number of fused-ring (bicyclic) bond motifs is 25. The number of benzene rings is 25. The Morgan fingerprint density at radius 2 is 0.340 bits per heavy atom. The fourth-order valence-corrected chi connectivity index (χ4v) is 23.6. The average molecular weight is 1830 g/mol. The summed E-state index contributed by atoms with van der Waals surface area (Å²) in [4.78, 5) is 0. The molecule has 0 saturated heterocycles. The number of hydrogen-bond acceptors (Lipinski definition) is 0. The molecule has 670 valence electrons. The summed E-state index contributed by atoms with van der Waals surface area (Å²) in [7, 11) is 0. The van der Waals surface area contributed by atoms with Crippen LogP contribution in [0.4, 0.5) is 0 Å². The molecule has 6 aromatic heterocycles. The molecule has 0 radical (unpaired) electrons. The molecule has 6 nitrogen and oxygen atoms in total. The predicted molar refractivity (Wildman–Crippen MR) is 612 cm³/mol. The largest absolute Gasteiger partial charge is 0.309 e. The van der Waals surface area contributed by atoms with Crippen LogP contribution in [0, 0.1) is 0 Å². The molecule has 0 aliphatic carbocycles. The monoisotopic (exact) mass is 1830 g/mol. The van der Waals surface area contributed by atoms with Gasteiger partial charge in [-0.3, -0.25) is 0 Å². The number of aromatic nitrogens is 6. The highest BCUT2D eigenvalue weighted by Gasteiger charge is 2.25. The van der Waals surface area contributed by atoms with Gasteiger partial charge in [0.2, 0.25) is 0 Å². The van der Waals surface area contributed by atoms with E-state index in [-0.39, 0.29) is 0 Å². The van der Waals surface area contributed by atoms with Gasteiger partial charge in [0.15, 0.2) is 0 Å². The Balaban J connectivity index is 0.000000103. The molecule has 144 heavy (non-hydrogen) atoms. The van der Waals surface area contributed by atoms with E-state index in [0.29, 0.717) is 0 Å². The molecule has 25 aromatic carbocycles. The van der Waals surface area contributed by atoms with E-state index in [4.69, 9.17) is 0 Å². The topological polar surface area (TPSA) is 29.6 Å². The minimum absolute atomic E-state index is 1.17. The van der Waals surface area contributed by atoms with Crippen molar-refractivity contribution >= 4 is 195 Å². The summed E-state index contributed by atoms with van der Waals surface area (Å²) in [5, 5.41) is 30.2. The van der Waals surface area contributed by atoms with Gasteiger partial charge in [-0.15, -0.1) is 0 Å². The molecule has 0 atom stereocenters. The van der Waals surface area contributed by atoms with Crippen LogP contribution in [-0.4, -0.2) is 27.4 Å². The van der Waals surface area contributed by atoms with Gasteiger partial charge in [-0.05, 0) is 239 Å². The van der Waals surface area contributed by atoms with Crippen molar-refractivity contribution in [2.24, 2.45) is 0 Å². The first-order chi connectivity index (χ1) is 71.4. The summed E-state index contributed by atoms with van der Waals surface area (Å²) in [6.07, 6.45) is 0. The van der Waals surface area contributed by atoms with E-state index in [9.17, 15) is 0 Å². The summed E-state index contributed by atoms with van der Waals surface area (Å²) >= 11 is 0. The predicted octanol–water partition coefficient (Wildman–Crippen LogP) is 37.2. The second kappa shape index (κ2) is 33.3. The van der Waals surface area contributed by atoms with E-state index >= 15 is 0 Å². The number of para-hydroxylation sites is 6.